The summed E-state index contributed by atoms with van der Waals surface area (Å²) in [6.07, 6.45) is 4.36. The minimum Gasteiger partial charge on any atom is -0.287 e. The average Bonchev–Trinajstić information content (AvgIpc) is 2.05. The van der Waals surface area contributed by atoms with Crippen molar-refractivity contribution in [1.29, 1.82) is 0 Å². The van der Waals surface area contributed by atoms with Gasteiger partial charge in [0.15, 0.2) is 0 Å². The largest absolute Gasteiger partial charge is 0.287 e. The summed E-state index contributed by atoms with van der Waals surface area (Å²) in [4.78, 5) is 0. The zero-order valence-electron chi connectivity index (χ0n) is 7.63. The molecule has 3 unspecified atom stereocenters. The maximum absolute atomic E-state index is 13.2. The van der Waals surface area contributed by atoms with Crippen molar-refractivity contribution in [1.82, 2.24) is 0 Å². The van der Waals surface area contributed by atoms with Crippen LogP contribution in [0.25, 0.3) is 0 Å². The van der Waals surface area contributed by atoms with Gasteiger partial charge in [0.05, 0.1) is 13.5 Å². The molecule has 0 bridgehead atoms. The van der Waals surface area contributed by atoms with Crippen molar-refractivity contribution < 1.29 is 8.96 Å². The fraction of sp³-hybridized carbons (Fsp3) is 1.00. The number of hydrogen-bond acceptors (Lipinski definition) is 1. The summed E-state index contributed by atoms with van der Waals surface area (Å²) in [6.45, 7) is 2.00. The van der Waals surface area contributed by atoms with Crippen LogP contribution in [0, 0.1) is 0 Å². The van der Waals surface area contributed by atoms with Crippen LogP contribution < -0.4 is 0 Å². The van der Waals surface area contributed by atoms with Crippen LogP contribution in [0.4, 0.5) is 4.39 Å². The molecule has 0 spiro atoms. The van der Waals surface area contributed by atoms with E-state index in [1.54, 1.807) is 0 Å². The van der Waals surface area contributed by atoms with Crippen LogP contribution >= 0.6 is 7.80 Å². The predicted octanol–water partition coefficient (Wildman–Crippen LogP) is 3.50. The second-order valence-electron chi connectivity index (χ2n) is 3.51. The molecule has 0 aromatic heterocycles. The maximum atomic E-state index is 13.2. The highest BCUT2D eigenvalue weighted by atomic mass is 31.1. The van der Waals surface area contributed by atoms with Crippen LogP contribution in [-0.2, 0) is 4.57 Å². The molecular weight excluding hydrogens is 174 g/mol. The van der Waals surface area contributed by atoms with Crippen LogP contribution in [-0.4, -0.2) is 18.0 Å². The quantitative estimate of drug-likeness (QED) is 0.624. The van der Waals surface area contributed by atoms with Gasteiger partial charge in [-0.25, -0.2) is 4.39 Å². The van der Waals surface area contributed by atoms with E-state index in [0.717, 1.165) is 25.7 Å². The Morgan fingerprint density at radius 3 is 2.67 bits per heavy atom. The molecule has 1 fully saturated rings. The summed E-state index contributed by atoms with van der Waals surface area (Å²) < 4.78 is 24.8. The molecule has 0 N–H and O–H groups in total. The molecule has 0 saturated heterocycles. The Morgan fingerprint density at radius 2 is 2.08 bits per heavy atom. The van der Waals surface area contributed by atoms with Crippen molar-refractivity contribution in [3.8, 4) is 0 Å². The first-order valence-corrected chi connectivity index (χ1v) is 6.35. The van der Waals surface area contributed by atoms with Gasteiger partial charge in [0.1, 0.15) is 6.17 Å². The predicted molar refractivity (Wildman–Crippen MR) is 49.9 cm³/mol. The van der Waals surface area contributed by atoms with Crippen LogP contribution in [0.15, 0.2) is 0 Å². The van der Waals surface area contributed by atoms with E-state index in [9.17, 15) is 8.96 Å². The van der Waals surface area contributed by atoms with Crippen molar-refractivity contribution in [2.75, 3.05) is 6.16 Å². The topological polar surface area (TPSA) is 17.1 Å². The lowest BCUT2D eigenvalue weighted by Gasteiger charge is -2.24. The molecule has 1 saturated carbocycles. The van der Waals surface area contributed by atoms with Crippen LogP contribution in [0.1, 0.15) is 39.0 Å². The van der Waals surface area contributed by atoms with E-state index in [-0.39, 0.29) is 5.66 Å². The van der Waals surface area contributed by atoms with Crippen LogP contribution in [0.2, 0.25) is 0 Å². The second kappa shape index (κ2) is 4.91. The summed E-state index contributed by atoms with van der Waals surface area (Å²) in [5.74, 6) is 0. The molecule has 1 aliphatic carbocycles. The molecule has 1 nitrogen and oxygen atoms in total. The van der Waals surface area contributed by atoms with Crippen molar-refractivity contribution in [3.05, 3.63) is 0 Å². The SMILES string of the molecule is CCC[P](=O)C1CCCCC1F. The molecule has 1 aliphatic rings. The van der Waals surface area contributed by atoms with E-state index in [1.165, 1.54) is 0 Å². The summed E-state index contributed by atoms with van der Waals surface area (Å²) in [5, 5.41) is 0. The maximum Gasteiger partial charge on any atom is 0.113 e. The van der Waals surface area contributed by atoms with E-state index >= 15 is 0 Å². The van der Waals surface area contributed by atoms with Crippen molar-refractivity contribution in [3.63, 3.8) is 0 Å². The highest BCUT2D eigenvalue weighted by Gasteiger charge is 2.29. The zero-order chi connectivity index (χ0) is 8.97. The standard InChI is InChI=1S/C9H17FOP/c1-2-7-12(11)9-6-4-3-5-8(9)10/h8-9H,2-7H2,1H3. The Labute approximate surface area is 74.5 Å². The lowest BCUT2D eigenvalue weighted by molar-refractivity contribution is 0.254. The Bertz CT molecular complexity index is 161. The Kier molecular flexibility index (Phi) is 4.14. The molecule has 3 atom stereocenters. The average molecular weight is 191 g/mol. The minimum atomic E-state index is -1.26. The van der Waals surface area contributed by atoms with Gasteiger partial charge in [-0.2, -0.15) is 0 Å². The van der Waals surface area contributed by atoms with E-state index in [1.807, 2.05) is 6.92 Å². The van der Waals surface area contributed by atoms with E-state index in [4.69, 9.17) is 0 Å². The van der Waals surface area contributed by atoms with Crippen molar-refractivity contribution >= 4 is 7.80 Å². The zero-order valence-corrected chi connectivity index (χ0v) is 8.53. The first-order valence-electron chi connectivity index (χ1n) is 4.83. The molecule has 12 heavy (non-hydrogen) atoms. The van der Waals surface area contributed by atoms with Crippen LogP contribution in [0.5, 0.6) is 0 Å². The third-order valence-corrected chi connectivity index (χ3v) is 4.67. The van der Waals surface area contributed by atoms with E-state index in [0.29, 0.717) is 12.6 Å². The summed E-state index contributed by atoms with van der Waals surface area (Å²) >= 11 is 0. The molecule has 0 aromatic rings. The second-order valence-corrected chi connectivity index (χ2v) is 5.45. The number of alkyl halides is 1. The summed E-state index contributed by atoms with van der Waals surface area (Å²) in [7, 11) is -1.26. The molecular formula is C9H17FOP. The van der Waals surface area contributed by atoms with Gasteiger partial charge in [-0.1, -0.05) is 19.8 Å². The van der Waals surface area contributed by atoms with E-state index < -0.39 is 14.0 Å². The van der Waals surface area contributed by atoms with Crippen LogP contribution in [0.3, 0.4) is 0 Å². The molecule has 1 radical (unpaired) electrons. The first-order chi connectivity index (χ1) is 5.75. The lowest BCUT2D eigenvalue weighted by Crippen LogP contribution is -2.23. The van der Waals surface area contributed by atoms with Gasteiger partial charge in [0.25, 0.3) is 0 Å². The van der Waals surface area contributed by atoms with Gasteiger partial charge in [-0.3, -0.25) is 4.57 Å². The molecule has 3 heteroatoms. The monoisotopic (exact) mass is 191 g/mol. The van der Waals surface area contributed by atoms with Gasteiger partial charge in [0.2, 0.25) is 0 Å². The smallest absolute Gasteiger partial charge is 0.113 e. The molecule has 0 aliphatic heterocycles. The van der Waals surface area contributed by atoms with Crippen molar-refractivity contribution in [2.24, 2.45) is 0 Å². The lowest BCUT2D eigenvalue weighted by atomic mass is 9.98. The highest BCUT2D eigenvalue weighted by Crippen LogP contribution is 2.40. The molecule has 1 rings (SSSR count). The van der Waals surface area contributed by atoms with E-state index in [2.05, 4.69) is 0 Å². The van der Waals surface area contributed by atoms with Crippen molar-refractivity contribution in [2.45, 2.75) is 50.9 Å². The van der Waals surface area contributed by atoms with Gasteiger partial charge < -0.3 is 0 Å². The summed E-state index contributed by atoms with van der Waals surface area (Å²) in [5.41, 5.74) is -0.117. The Balaban J connectivity index is 2.42. The molecule has 0 amide bonds. The van der Waals surface area contributed by atoms with Gasteiger partial charge in [-0.05, 0) is 19.3 Å². The minimum absolute atomic E-state index is 0.117. The summed E-state index contributed by atoms with van der Waals surface area (Å²) in [6, 6.07) is 0. The third-order valence-electron chi connectivity index (χ3n) is 2.46. The molecule has 0 heterocycles. The normalized spacial score (nSPS) is 31.7. The first kappa shape index (κ1) is 10.1. The fourth-order valence-corrected chi connectivity index (χ4v) is 3.53. The number of rotatable bonds is 3. The fourth-order valence-electron chi connectivity index (χ4n) is 1.78. The number of hydrogen-bond donors (Lipinski definition) is 0. The Morgan fingerprint density at radius 1 is 1.42 bits per heavy atom. The third kappa shape index (κ3) is 2.52. The van der Waals surface area contributed by atoms with Gasteiger partial charge in [0, 0.05) is 6.16 Å². The van der Waals surface area contributed by atoms with Gasteiger partial charge in [-0.15, -0.1) is 0 Å². The number of halogens is 1. The molecule has 71 valence electrons. The van der Waals surface area contributed by atoms with Gasteiger partial charge >= 0.3 is 0 Å². The Hall–Kier alpha value is 0.0300. The molecule has 0 aromatic carbocycles. The highest BCUT2D eigenvalue weighted by molar-refractivity contribution is 7.45.